The molecule has 0 spiro atoms. The van der Waals surface area contributed by atoms with Crippen molar-refractivity contribution < 1.29 is 19.1 Å². The molecule has 3 rings (SSSR count). The Hall–Kier alpha value is -3.26. The first kappa shape index (κ1) is 19.5. The molecule has 1 aliphatic heterocycles. The van der Waals surface area contributed by atoms with Crippen LogP contribution in [0.2, 0.25) is 0 Å². The van der Waals surface area contributed by atoms with Gasteiger partial charge in [0.05, 0.1) is 5.56 Å². The van der Waals surface area contributed by atoms with Gasteiger partial charge in [0.2, 0.25) is 5.91 Å². The molecule has 0 bridgehead atoms. The van der Waals surface area contributed by atoms with Crippen LogP contribution >= 0.6 is 0 Å². The maximum Gasteiger partial charge on any atom is 0.257 e. The summed E-state index contributed by atoms with van der Waals surface area (Å²) in [4.78, 5) is 39.9. The second-order valence-corrected chi connectivity index (χ2v) is 6.32. The van der Waals surface area contributed by atoms with Gasteiger partial charge in [0.15, 0.2) is 0 Å². The fourth-order valence-corrected chi connectivity index (χ4v) is 2.77. The number of aromatic nitrogens is 1. The number of hydrogen-bond donors (Lipinski definition) is 3. The van der Waals surface area contributed by atoms with Crippen molar-refractivity contribution in [3.8, 4) is 0 Å². The van der Waals surface area contributed by atoms with Gasteiger partial charge in [0, 0.05) is 43.3 Å². The minimum atomic E-state index is -0.370. The summed E-state index contributed by atoms with van der Waals surface area (Å²) in [5.74, 6) is -0.663. The number of carbonyl (C=O) groups is 3. The normalized spacial score (nSPS) is 15.6. The molecule has 0 aliphatic carbocycles. The number of amides is 3. The lowest BCUT2D eigenvalue weighted by atomic mass is 10.2. The molecule has 0 saturated carbocycles. The lowest BCUT2D eigenvalue weighted by Gasteiger charge is -2.11. The molecule has 0 radical (unpaired) electrons. The van der Waals surface area contributed by atoms with E-state index >= 15 is 0 Å². The molecule has 1 unspecified atom stereocenters. The van der Waals surface area contributed by atoms with Crippen LogP contribution in [0.15, 0.2) is 48.8 Å². The van der Waals surface area contributed by atoms with E-state index < -0.39 is 0 Å². The molecule has 3 N–H and O–H groups in total. The van der Waals surface area contributed by atoms with E-state index in [9.17, 15) is 14.4 Å². The standard InChI is InChI=1S/C20H22N4O4/c25-18(22-10-11-23-20(27)17-4-2-12-28-17)14-5-7-16(8-6-14)24-19(26)15-3-1-9-21-13-15/h1,3,5-9,13,17H,2,4,10-12H2,(H,22,25)(H,23,27)(H,24,26). The van der Waals surface area contributed by atoms with Crippen LogP contribution in [-0.4, -0.2) is 48.5 Å². The summed E-state index contributed by atoms with van der Waals surface area (Å²) in [5.41, 5.74) is 1.49. The Morgan fingerprint density at radius 2 is 1.79 bits per heavy atom. The highest BCUT2D eigenvalue weighted by Crippen LogP contribution is 2.12. The Labute approximate surface area is 162 Å². The van der Waals surface area contributed by atoms with Crippen LogP contribution in [0.5, 0.6) is 0 Å². The summed E-state index contributed by atoms with van der Waals surface area (Å²) in [6.45, 7) is 1.27. The molecule has 1 aromatic carbocycles. The van der Waals surface area contributed by atoms with Gasteiger partial charge < -0.3 is 20.7 Å². The van der Waals surface area contributed by atoms with Crippen LogP contribution in [0.4, 0.5) is 5.69 Å². The minimum absolute atomic E-state index is 0.138. The number of hydrogen-bond acceptors (Lipinski definition) is 5. The molecule has 2 heterocycles. The van der Waals surface area contributed by atoms with E-state index in [1.165, 1.54) is 6.20 Å². The van der Waals surface area contributed by atoms with Crippen molar-refractivity contribution in [1.29, 1.82) is 0 Å². The SMILES string of the molecule is O=C(NCCNC(=O)C1CCCO1)c1ccc(NC(=O)c2cccnc2)cc1. The first-order chi connectivity index (χ1) is 13.6. The molecular formula is C20H22N4O4. The van der Waals surface area contributed by atoms with Gasteiger partial charge in [0.25, 0.3) is 11.8 Å². The molecule has 3 amide bonds. The largest absolute Gasteiger partial charge is 0.368 e. The van der Waals surface area contributed by atoms with Gasteiger partial charge in [-0.05, 0) is 49.2 Å². The maximum atomic E-state index is 12.2. The number of nitrogens with zero attached hydrogens (tertiary/aromatic N) is 1. The second-order valence-electron chi connectivity index (χ2n) is 6.32. The van der Waals surface area contributed by atoms with E-state index in [4.69, 9.17) is 4.74 Å². The minimum Gasteiger partial charge on any atom is -0.368 e. The van der Waals surface area contributed by atoms with Gasteiger partial charge in [-0.1, -0.05) is 0 Å². The number of rotatable bonds is 7. The molecule has 1 aromatic heterocycles. The van der Waals surface area contributed by atoms with Crippen LogP contribution in [-0.2, 0) is 9.53 Å². The molecule has 2 aromatic rings. The Bertz CT molecular complexity index is 818. The van der Waals surface area contributed by atoms with Gasteiger partial charge in [-0.2, -0.15) is 0 Å². The Morgan fingerprint density at radius 1 is 1.00 bits per heavy atom. The zero-order valence-corrected chi connectivity index (χ0v) is 15.3. The first-order valence-corrected chi connectivity index (χ1v) is 9.12. The van der Waals surface area contributed by atoms with Crippen molar-refractivity contribution in [3.63, 3.8) is 0 Å². The van der Waals surface area contributed by atoms with Crippen LogP contribution in [0.3, 0.4) is 0 Å². The third-order valence-corrected chi connectivity index (χ3v) is 4.26. The van der Waals surface area contributed by atoms with Crippen LogP contribution < -0.4 is 16.0 Å². The predicted molar refractivity (Wildman–Crippen MR) is 103 cm³/mol. The number of carbonyl (C=O) groups excluding carboxylic acids is 3. The Morgan fingerprint density at radius 3 is 2.46 bits per heavy atom. The fourth-order valence-electron chi connectivity index (χ4n) is 2.77. The summed E-state index contributed by atoms with van der Waals surface area (Å²) in [7, 11) is 0. The Kier molecular flexibility index (Phi) is 6.69. The third-order valence-electron chi connectivity index (χ3n) is 4.26. The topological polar surface area (TPSA) is 109 Å². The van der Waals surface area contributed by atoms with Crippen molar-refractivity contribution in [1.82, 2.24) is 15.6 Å². The van der Waals surface area contributed by atoms with Crippen molar-refractivity contribution in [2.75, 3.05) is 25.0 Å². The number of benzene rings is 1. The zero-order valence-electron chi connectivity index (χ0n) is 15.3. The average Bonchev–Trinajstić information content (AvgIpc) is 3.27. The molecule has 8 nitrogen and oxygen atoms in total. The van der Waals surface area contributed by atoms with E-state index in [2.05, 4.69) is 20.9 Å². The lowest BCUT2D eigenvalue weighted by molar-refractivity contribution is -0.129. The highest BCUT2D eigenvalue weighted by atomic mass is 16.5. The number of anilines is 1. The quantitative estimate of drug-likeness (QED) is 0.627. The summed E-state index contributed by atoms with van der Waals surface area (Å²) in [5, 5.41) is 8.23. The lowest BCUT2D eigenvalue weighted by Crippen LogP contribution is -2.39. The predicted octanol–water partition coefficient (Wildman–Crippen LogP) is 1.36. The highest BCUT2D eigenvalue weighted by Gasteiger charge is 2.22. The smallest absolute Gasteiger partial charge is 0.257 e. The molecule has 1 aliphatic rings. The van der Waals surface area contributed by atoms with Crippen molar-refractivity contribution in [2.24, 2.45) is 0 Å². The molecule has 1 saturated heterocycles. The van der Waals surface area contributed by atoms with Crippen molar-refractivity contribution >= 4 is 23.4 Å². The molecule has 1 fully saturated rings. The van der Waals surface area contributed by atoms with E-state index in [0.29, 0.717) is 36.5 Å². The molecule has 146 valence electrons. The Balaban J connectivity index is 1.42. The molecule has 8 heteroatoms. The molecule has 28 heavy (non-hydrogen) atoms. The van der Waals surface area contributed by atoms with Crippen LogP contribution in [0.25, 0.3) is 0 Å². The van der Waals surface area contributed by atoms with E-state index in [-0.39, 0.29) is 23.8 Å². The number of ether oxygens (including phenoxy) is 1. The van der Waals surface area contributed by atoms with Gasteiger partial charge in [-0.25, -0.2) is 0 Å². The number of pyridine rings is 1. The van der Waals surface area contributed by atoms with E-state index in [0.717, 1.165) is 12.8 Å². The molecule has 1 atom stereocenters. The van der Waals surface area contributed by atoms with E-state index in [1.807, 2.05) is 0 Å². The van der Waals surface area contributed by atoms with Crippen LogP contribution in [0.1, 0.15) is 33.6 Å². The monoisotopic (exact) mass is 382 g/mol. The van der Waals surface area contributed by atoms with Gasteiger partial charge in [-0.3, -0.25) is 19.4 Å². The average molecular weight is 382 g/mol. The van der Waals surface area contributed by atoms with Crippen molar-refractivity contribution in [2.45, 2.75) is 18.9 Å². The highest BCUT2D eigenvalue weighted by molar-refractivity contribution is 6.04. The van der Waals surface area contributed by atoms with Gasteiger partial charge in [0.1, 0.15) is 6.10 Å². The summed E-state index contributed by atoms with van der Waals surface area (Å²) in [6.07, 6.45) is 4.34. The van der Waals surface area contributed by atoms with Crippen molar-refractivity contribution in [3.05, 3.63) is 59.9 Å². The second kappa shape index (κ2) is 9.61. The third kappa shape index (κ3) is 5.37. The fraction of sp³-hybridized carbons (Fsp3) is 0.300. The summed E-state index contributed by atoms with van der Waals surface area (Å²) < 4.78 is 5.30. The zero-order chi connectivity index (χ0) is 19.8. The maximum absolute atomic E-state index is 12.2. The summed E-state index contributed by atoms with van der Waals surface area (Å²) in [6, 6.07) is 9.91. The molecular weight excluding hydrogens is 360 g/mol. The first-order valence-electron chi connectivity index (χ1n) is 9.12. The number of nitrogens with one attached hydrogen (secondary N) is 3. The summed E-state index contributed by atoms with van der Waals surface area (Å²) >= 11 is 0. The van der Waals surface area contributed by atoms with E-state index in [1.54, 1.807) is 42.6 Å². The van der Waals surface area contributed by atoms with Gasteiger partial charge >= 0.3 is 0 Å². The van der Waals surface area contributed by atoms with Crippen LogP contribution in [0, 0.1) is 0 Å². The van der Waals surface area contributed by atoms with Gasteiger partial charge in [-0.15, -0.1) is 0 Å².